The largest absolute Gasteiger partial charge is 0.486 e. The van der Waals surface area contributed by atoms with E-state index >= 15 is 0 Å². The Labute approximate surface area is 118 Å². The standard InChI is InChI=1S/C13H19Cl2NO2/c1-3-17-9-11(6-7-16-2)18-13-5-4-10(14)8-12(13)15/h4-5,8,11,16H,3,6-7,9H2,1-2H3. The summed E-state index contributed by atoms with van der Waals surface area (Å²) in [5.74, 6) is 0.641. The fourth-order valence-corrected chi connectivity index (χ4v) is 1.93. The molecule has 0 saturated heterocycles. The molecule has 1 N–H and O–H groups in total. The lowest BCUT2D eigenvalue weighted by Crippen LogP contribution is -2.27. The Morgan fingerprint density at radius 2 is 2.11 bits per heavy atom. The van der Waals surface area contributed by atoms with Gasteiger partial charge in [0.05, 0.1) is 11.6 Å². The van der Waals surface area contributed by atoms with Crippen LogP contribution in [0.5, 0.6) is 5.75 Å². The summed E-state index contributed by atoms with van der Waals surface area (Å²) in [7, 11) is 1.91. The van der Waals surface area contributed by atoms with Gasteiger partial charge >= 0.3 is 0 Å². The van der Waals surface area contributed by atoms with Crippen LogP contribution >= 0.6 is 23.2 Å². The summed E-state index contributed by atoms with van der Waals surface area (Å²) in [6.45, 7) is 4.05. The number of rotatable bonds is 8. The molecule has 0 aliphatic carbocycles. The maximum absolute atomic E-state index is 6.08. The summed E-state index contributed by atoms with van der Waals surface area (Å²) in [6.07, 6.45) is 0.839. The predicted molar refractivity (Wildman–Crippen MR) is 75.9 cm³/mol. The topological polar surface area (TPSA) is 30.5 Å². The highest BCUT2D eigenvalue weighted by molar-refractivity contribution is 6.35. The molecule has 0 spiro atoms. The first-order valence-electron chi connectivity index (χ1n) is 6.01. The van der Waals surface area contributed by atoms with Gasteiger partial charge in [-0.3, -0.25) is 0 Å². The Morgan fingerprint density at radius 3 is 2.72 bits per heavy atom. The molecule has 1 atom stereocenters. The van der Waals surface area contributed by atoms with Crippen LogP contribution in [-0.2, 0) is 4.74 Å². The van der Waals surface area contributed by atoms with Crippen LogP contribution in [0.4, 0.5) is 0 Å². The van der Waals surface area contributed by atoms with Crippen LogP contribution < -0.4 is 10.1 Å². The van der Waals surface area contributed by atoms with Gasteiger partial charge in [0.2, 0.25) is 0 Å². The van der Waals surface area contributed by atoms with Crippen LogP contribution in [0.15, 0.2) is 18.2 Å². The molecular formula is C13H19Cl2NO2. The molecule has 0 aliphatic heterocycles. The minimum Gasteiger partial charge on any atom is -0.486 e. The lowest BCUT2D eigenvalue weighted by molar-refractivity contribution is 0.0526. The molecule has 1 aromatic carbocycles. The van der Waals surface area contributed by atoms with E-state index in [1.807, 2.05) is 14.0 Å². The summed E-state index contributed by atoms with van der Waals surface area (Å²) < 4.78 is 11.3. The molecule has 0 amide bonds. The minimum atomic E-state index is -0.0175. The first-order chi connectivity index (χ1) is 8.67. The molecule has 0 fully saturated rings. The van der Waals surface area contributed by atoms with E-state index in [4.69, 9.17) is 32.7 Å². The van der Waals surface area contributed by atoms with Gasteiger partial charge in [-0.1, -0.05) is 23.2 Å². The van der Waals surface area contributed by atoms with Gasteiger partial charge in [-0.05, 0) is 45.1 Å². The lowest BCUT2D eigenvalue weighted by Gasteiger charge is -2.19. The Morgan fingerprint density at radius 1 is 1.33 bits per heavy atom. The summed E-state index contributed by atoms with van der Waals surface area (Å²) in [6, 6.07) is 5.22. The maximum atomic E-state index is 6.08. The number of ether oxygens (including phenoxy) is 2. The van der Waals surface area contributed by atoms with Crippen molar-refractivity contribution in [3.8, 4) is 5.75 Å². The second-order valence-corrected chi connectivity index (χ2v) is 4.71. The van der Waals surface area contributed by atoms with Gasteiger partial charge < -0.3 is 14.8 Å². The van der Waals surface area contributed by atoms with E-state index in [1.165, 1.54) is 0 Å². The number of halogens is 2. The summed E-state index contributed by atoms with van der Waals surface area (Å²) in [4.78, 5) is 0. The number of hydrogen-bond acceptors (Lipinski definition) is 3. The van der Waals surface area contributed by atoms with E-state index in [0.29, 0.717) is 29.0 Å². The average molecular weight is 292 g/mol. The molecule has 5 heteroatoms. The molecule has 1 rings (SSSR count). The summed E-state index contributed by atoms with van der Waals surface area (Å²) in [5, 5.41) is 4.22. The Balaban J connectivity index is 2.62. The van der Waals surface area contributed by atoms with Crippen LogP contribution in [0.2, 0.25) is 10.0 Å². The first-order valence-corrected chi connectivity index (χ1v) is 6.77. The highest BCUT2D eigenvalue weighted by Crippen LogP contribution is 2.28. The SMILES string of the molecule is CCOCC(CCNC)Oc1ccc(Cl)cc1Cl. The van der Waals surface area contributed by atoms with Crippen molar-refractivity contribution in [2.24, 2.45) is 0 Å². The van der Waals surface area contributed by atoms with Crippen molar-refractivity contribution in [2.45, 2.75) is 19.4 Å². The third-order valence-corrected chi connectivity index (χ3v) is 2.94. The fraction of sp³-hybridized carbons (Fsp3) is 0.538. The smallest absolute Gasteiger partial charge is 0.138 e. The lowest BCUT2D eigenvalue weighted by atomic mass is 10.2. The van der Waals surface area contributed by atoms with Gasteiger partial charge in [0.1, 0.15) is 11.9 Å². The van der Waals surface area contributed by atoms with E-state index in [9.17, 15) is 0 Å². The van der Waals surface area contributed by atoms with E-state index < -0.39 is 0 Å². The maximum Gasteiger partial charge on any atom is 0.138 e. The van der Waals surface area contributed by atoms with Crippen LogP contribution in [0.3, 0.4) is 0 Å². The van der Waals surface area contributed by atoms with Crippen LogP contribution in [0.25, 0.3) is 0 Å². The number of hydrogen-bond donors (Lipinski definition) is 1. The monoisotopic (exact) mass is 291 g/mol. The van der Waals surface area contributed by atoms with Crippen molar-refractivity contribution in [3.05, 3.63) is 28.2 Å². The third kappa shape index (κ3) is 5.44. The van der Waals surface area contributed by atoms with Crippen LogP contribution in [0.1, 0.15) is 13.3 Å². The minimum absolute atomic E-state index is 0.0175. The third-order valence-electron chi connectivity index (χ3n) is 2.41. The fourth-order valence-electron chi connectivity index (χ4n) is 1.48. The van der Waals surface area contributed by atoms with Crippen molar-refractivity contribution in [3.63, 3.8) is 0 Å². The zero-order chi connectivity index (χ0) is 13.4. The molecule has 0 aromatic heterocycles. The van der Waals surface area contributed by atoms with Gasteiger partial charge in [-0.25, -0.2) is 0 Å². The quantitative estimate of drug-likeness (QED) is 0.796. The van der Waals surface area contributed by atoms with E-state index in [2.05, 4.69) is 5.32 Å². The molecule has 3 nitrogen and oxygen atoms in total. The van der Waals surface area contributed by atoms with Crippen molar-refractivity contribution in [1.29, 1.82) is 0 Å². The molecule has 102 valence electrons. The highest BCUT2D eigenvalue weighted by Gasteiger charge is 2.12. The van der Waals surface area contributed by atoms with Gasteiger partial charge in [0, 0.05) is 11.6 Å². The summed E-state index contributed by atoms with van der Waals surface area (Å²) >= 11 is 11.9. The number of nitrogens with one attached hydrogen (secondary N) is 1. The Kier molecular flexibility index (Phi) is 7.44. The van der Waals surface area contributed by atoms with Crippen molar-refractivity contribution in [1.82, 2.24) is 5.32 Å². The van der Waals surface area contributed by atoms with Gasteiger partial charge in [-0.15, -0.1) is 0 Å². The molecule has 1 aromatic rings. The van der Waals surface area contributed by atoms with Gasteiger partial charge in [0.15, 0.2) is 0 Å². The van der Waals surface area contributed by atoms with E-state index in [0.717, 1.165) is 13.0 Å². The number of benzene rings is 1. The second-order valence-electron chi connectivity index (χ2n) is 3.87. The zero-order valence-corrected chi connectivity index (χ0v) is 12.2. The Bertz CT molecular complexity index is 353. The zero-order valence-electron chi connectivity index (χ0n) is 10.7. The molecule has 0 aliphatic rings. The molecule has 0 saturated carbocycles. The Hall–Kier alpha value is -0.480. The highest BCUT2D eigenvalue weighted by atomic mass is 35.5. The average Bonchev–Trinajstić information content (AvgIpc) is 2.35. The molecule has 0 radical (unpaired) electrons. The molecule has 1 unspecified atom stereocenters. The van der Waals surface area contributed by atoms with Gasteiger partial charge in [0.25, 0.3) is 0 Å². The normalized spacial score (nSPS) is 12.4. The molecule has 0 bridgehead atoms. The first kappa shape index (κ1) is 15.6. The predicted octanol–water partition coefficient (Wildman–Crippen LogP) is 3.39. The van der Waals surface area contributed by atoms with Gasteiger partial charge in [-0.2, -0.15) is 0 Å². The van der Waals surface area contributed by atoms with Crippen LogP contribution in [-0.4, -0.2) is 32.9 Å². The second kappa shape index (κ2) is 8.59. The van der Waals surface area contributed by atoms with Crippen molar-refractivity contribution in [2.75, 3.05) is 26.8 Å². The summed E-state index contributed by atoms with van der Waals surface area (Å²) in [5.41, 5.74) is 0. The van der Waals surface area contributed by atoms with E-state index in [-0.39, 0.29) is 6.10 Å². The van der Waals surface area contributed by atoms with Crippen molar-refractivity contribution >= 4 is 23.2 Å². The molecule has 18 heavy (non-hydrogen) atoms. The van der Waals surface area contributed by atoms with E-state index in [1.54, 1.807) is 18.2 Å². The molecule has 0 heterocycles. The van der Waals surface area contributed by atoms with Crippen molar-refractivity contribution < 1.29 is 9.47 Å². The van der Waals surface area contributed by atoms with Crippen LogP contribution in [0, 0.1) is 0 Å². The molecular weight excluding hydrogens is 273 g/mol.